The lowest BCUT2D eigenvalue weighted by molar-refractivity contribution is -0.141. The van der Waals surface area contributed by atoms with Crippen LogP contribution in [0.2, 0.25) is 0 Å². The maximum atomic E-state index is 13.3. The molecular weight excluding hydrogens is 340 g/mol. The third kappa shape index (κ3) is 3.69. The number of ether oxygens (including phenoxy) is 1. The maximum absolute atomic E-state index is 13.3. The Bertz CT molecular complexity index is 701. The van der Waals surface area contributed by atoms with Gasteiger partial charge in [0.25, 0.3) is 5.91 Å². The van der Waals surface area contributed by atoms with Crippen LogP contribution in [0.1, 0.15) is 55.8 Å². The number of benzene rings is 1. The molecule has 3 heterocycles. The van der Waals surface area contributed by atoms with Crippen molar-refractivity contribution in [2.75, 3.05) is 26.2 Å². The third-order valence-corrected chi connectivity index (χ3v) is 6.34. The van der Waals surface area contributed by atoms with E-state index >= 15 is 0 Å². The molecule has 5 heteroatoms. The van der Waals surface area contributed by atoms with Crippen LogP contribution in [0.25, 0.3) is 0 Å². The molecule has 0 N–H and O–H groups in total. The first-order chi connectivity index (χ1) is 13.2. The van der Waals surface area contributed by atoms with E-state index in [0.717, 1.165) is 25.8 Å². The van der Waals surface area contributed by atoms with Gasteiger partial charge in [0.2, 0.25) is 5.91 Å². The van der Waals surface area contributed by atoms with Crippen LogP contribution in [0.3, 0.4) is 0 Å². The first kappa shape index (κ1) is 18.3. The number of hydrogen-bond acceptors (Lipinski definition) is 3. The van der Waals surface area contributed by atoms with E-state index in [-0.39, 0.29) is 23.8 Å². The van der Waals surface area contributed by atoms with Crippen molar-refractivity contribution in [2.24, 2.45) is 11.8 Å². The Balaban J connectivity index is 1.52. The summed E-state index contributed by atoms with van der Waals surface area (Å²) in [5.41, 5.74) is 0.616. The minimum absolute atomic E-state index is 0.00287. The summed E-state index contributed by atoms with van der Waals surface area (Å²) in [6.45, 7) is 4.73. The highest BCUT2D eigenvalue weighted by Gasteiger charge is 2.43. The molecule has 4 aliphatic rings. The standard InChI is InChI=1S/C22H30N2O3/c1-2-12-27-20-9-4-3-8-19(20)22(26)23-14-17-10-11-18(15-23)24(21(17)25)13-16-6-5-7-16/h3-4,8-9,16-18H,2,5-7,10-15H2,1H3/t17-,18+/m1/s1. The van der Waals surface area contributed by atoms with Gasteiger partial charge in [-0.25, -0.2) is 0 Å². The Labute approximate surface area is 161 Å². The highest BCUT2D eigenvalue weighted by molar-refractivity contribution is 5.97. The zero-order valence-corrected chi connectivity index (χ0v) is 16.2. The molecule has 5 nitrogen and oxygen atoms in total. The molecule has 2 amide bonds. The lowest BCUT2D eigenvalue weighted by Gasteiger charge is -2.40. The smallest absolute Gasteiger partial charge is 0.257 e. The Hall–Kier alpha value is -2.04. The van der Waals surface area contributed by atoms with Gasteiger partial charge in [-0.05, 0) is 50.2 Å². The van der Waals surface area contributed by atoms with E-state index in [2.05, 4.69) is 11.8 Å². The molecule has 0 aromatic heterocycles. The highest BCUT2D eigenvalue weighted by atomic mass is 16.5. The number of hydrogen-bond donors (Lipinski definition) is 0. The lowest BCUT2D eigenvalue weighted by atomic mass is 9.83. The Morgan fingerprint density at radius 1 is 1.15 bits per heavy atom. The van der Waals surface area contributed by atoms with Gasteiger partial charge in [0.1, 0.15) is 5.75 Å². The number of nitrogens with zero attached hydrogens (tertiary/aromatic N) is 2. The third-order valence-electron chi connectivity index (χ3n) is 6.34. The van der Waals surface area contributed by atoms with E-state index in [1.54, 1.807) is 0 Å². The van der Waals surface area contributed by atoms with Gasteiger partial charge >= 0.3 is 0 Å². The first-order valence-electron chi connectivity index (χ1n) is 10.5. The number of carbonyl (C=O) groups is 2. The average molecular weight is 370 g/mol. The summed E-state index contributed by atoms with van der Waals surface area (Å²) in [7, 11) is 0. The van der Waals surface area contributed by atoms with Crippen molar-refractivity contribution in [3.63, 3.8) is 0 Å². The normalized spacial score (nSPS) is 25.3. The molecule has 27 heavy (non-hydrogen) atoms. The summed E-state index contributed by atoms with van der Waals surface area (Å²) >= 11 is 0. The topological polar surface area (TPSA) is 49.9 Å². The Morgan fingerprint density at radius 2 is 1.96 bits per heavy atom. The second kappa shape index (κ2) is 7.91. The van der Waals surface area contributed by atoms with E-state index in [0.29, 0.717) is 36.9 Å². The second-order valence-electron chi connectivity index (χ2n) is 8.27. The van der Waals surface area contributed by atoms with Crippen LogP contribution < -0.4 is 4.74 Å². The largest absolute Gasteiger partial charge is 0.493 e. The zero-order valence-electron chi connectivity index (χ0n) is 16.2. The number of amides is 2. The molecule has 4 fully saturated rings. The molecule has 146 valence electrons. The number of fused-ring (bicyclic) bond motifs is 4. The van der Waals surface area contributed by atoms with Crippen molar-refractivity contribution in [1.82, 2.24) is 9.80 Å². The molecule has 1 aromatic carbocycles. The van der Waals surface area contributed by atoms with Crippen LogP contribution in [0.5, 0.6) is 5.75 Å². The van der Waals surface area contributed by atoms with Crippen LogP contribution in [-0.4, -0.2) is 53.9 Å². The summed E-state index contributed by atoms with van der Waals surface area (Å²) in [5.74, 6) is 1.54. The monoisotopic (exact) mass is 370 g/mol. The van der Waals surface area contributed by atoms with E-state index in [1.165, 1.54) is 19.3 Å². The minimum atomic E-state index is -0.0449. The van der Waals surface area contributed by atoms with E-state index < -0.39 is 0 Å². The molecule has 0 unspecified atom stereocenters. The molecule has 5 rings (SSSR count). The molecule has 0 radical (unpaired) electrons. The molecule has 2 bridgehead atoms. The zero-order chi connectivity index (χ0) is 18.8. The predicted molar refractivity (Wildman–Crippen MR) is 104 cm³/mol. The van der Waals surface area contributed by atoms with Gasteiger partial charge in [-0.15, -0.1) is 0 Å². The van der Waals surface area contributed by atoms with E-state index in [4.69, 9.17) is 4.74 Å². The second-order valence-corrected chi connectivity index (χ2v) is 8.27. The van der Waals surface area contributed by atoms with Crippen molar-refractivity contribution in [1.29, 1.82) is 0 Å². The molecule has 3 aliphatic heterocycles. The summed E-state index contributed by atoms with van der Waals surface area (Å²) < 4.78 is 5.79. The molecule has 1 aromatic rings. The first-order valence-corrected chi connectivity index (χ1v) is 10.5. The van der Waals surface area contributed by atoms with Gasteiger partial charge < -0.3 is 14.5 Å². The van der Waals surface area contributed by atoms with Gasteiger partial charge in [-0.1, -0.05) is 25.5 Å². The highest BCUT2D eigenvalue weighted by Crippen LogP contribution is 2.34. The van der Waals surface area contributed by atoms with Gasteiger partial charge in [0.15, 0.2) is 0 Å². The van der Waals surface area contributed by atoms with Crippen molar-refractivity contribution in [3.05, 3.63) is 29.8 Å². The van der Waals surface area contributed by atoms with Crippen molar-refractivity contribution >= 4 is 11.8 Å². The molecule has 1 saturated carbocycles. The van der Waals surface area contributed by atoms with Crippen molar-refractivity contribution in [2.45, 2.75) is 51.5 Å². The fourth-order valence-corrected chi connectivity index (χ4v) is 4.55. The number of para-hydroxylation sites is 1. The van der Waals surface area contributed by atoms with Crippen molar-refractivity contribution in [3.8, 4) is 5.75 Å². The molecule has 2 atom stereocenters. The number of rotatable bonds is 6. The van der Waals surface area contributed by atoms with Gasteiger partial charge in [-0.2, -0.15) is 0 Å². The van der Waals surface area contributed by atoms with Gasteiger partial charge in [-0.3, -0.25) is 9.59 Å². The van der Waals surface area contributed by atoms with Crippen LogP contribution >= 0.6 is 0 Å². The Kier molecular flexibility index (Phi) is 5.37. The van der Waals surface area contributed by atoms with Gasteiger partial charge in [0.05, 0.1) is 18.1 Å². The van der Waals surface area contributed by atoms with Crippen LogP contribution in [0, 0.1) is 11.8 Å². The number of piperidine rings is 1. The van der Waals surface area contributed by atoms with Crippen LogP contribution in [0.15, 0.2) is 24.3 Å². The predicted octanol–water partition coefficient (Wildman–Crippen LogP) is 3.34. The van der Waals surface area contributed by atoms with Crippen LogP contribution in [0.4, 0.5) is 0 Å². The number of carbonyl (C=O) groups excluding carboxylic acids is 2. The summed E-state index contributed by atoms with van der Waals surface area (Å²) in [6.07, 6.45) is 6.60. The maximum Gasteiger partial charge on any atom is 0.257 e. The summed E-state index contributed by atoms with van der Waals surface area (Å²) in [5, 5.41) is 0. The SMILES string of the molecule is CCCOc1ccccc1C(=O)N1C[C@H]2CC[C@@H](C1)N(CC1CCC1)C2=O. The van der Waals surface area contributed by atoms with Crippen molar-refractivity contribution < 1.29 is 14.3 Å². The average Bonchev–Trinajstić information content (AvgIpc) is 2.94. The van der Waals surface area contributed by atoms with Gasteiger partial charge in [0, 0.05) is 25.7 Å². The minimum Gasteiger partial charge on any atom is -0.493 e. The van der Waals surface area contributed by atoms with E-state index in [1.807, 2.05) is 29.2 Å². The molecule has 3 saturated heterocycles. The fraction of sp³-hybridized carbons (Fsp3) is 0.636. The Morgan fingerprint density at radius 3 is 2.70 bits per heavy atom. The molecular formula is C22H30N2O3. The molecule has 0 spiro atoms. The molecule has 1 aliphatic carbocycles. The summed E-state index contributed by atoms with van der Waals surface area (Å²) in [6, 6.07) is 7.66. The quantitative estimate of drug-likeness (QED) is 0.772. The fourth-order valence-electron chi connectivity index (χ4n) is 4.55. The lowest BCUT2D eigenvalue weighted by Crippen LogP contribution is -2.50. The summed E-state index contributed by atoms with van der Waals surface area (Å²) in [4.78, 5) is 30.2. The van der Waals surface area contributed by atoms with Crippen LogP contribution in [-0.2, 0) is 4.79 Å². The van der Waals surface area contributed by atoms with E-state index in [9.17, 15) is 9.59 Å².